The summed E-state index contributed by atoms with van der Waals surface area (Å²) in [5.74, 6) is -0.153. The molecule has 1 aliphatic rings. The van der Waals surface area contributed by atoms with E-state index in [0.29, 0.717) is 32.6 Å². The monoisotopic (exact) mass is 291 g/mol. The Labute approximate surface area is 123 Å². The number of aryl methyl sites for hydroxylation is 1. The normalized spacial score (nSPS) is 15.7. The first-order valence-electron chi connectivity index (χ1n) is 7.29. The predicted molar refractivity (Wildman–Crippen MR) is 79.2 cm³/mol. The van der Waals surface area contributed by atoms with Crippen molar-refractivity contribution >= 4 is 11.8 Å². The maximum absolute atomic E-state index is 12.4. The molecule has 114 valence electrons. The highest BCUT2D eigenvalue weighted by Crippen LogP contribution is 2.08. The molecule has 1 fully saturated rings. The lowest BCUT2D eigenvalue weighted by atomic mass is 10.2. The summed E-state index contributed by atoms with van der Waals surface area (Å²) in [5.41, 5.74) is 0.630. The van der Waals surface area contributed by atoms with E-state index in [2.05, 4.69) is 4.98 Å². The first kappa shape index (κ1) is 15.3. The molecule has 2 rings (SSSR count). The molecule has 0 bridgehead atoms. The molecular formula is C15H21N3O3. The van der Waals surface area contributed by atoms with Crippen LogP contribution in [-0.4, -0.2) is 52.8 Å². The van der Waals surface area contributed by atoms with Crippen LogP contribution in [0.3, 0.4) is 0 Å². The minimum atomic E-state index is -0.262. The largest absolute Gasteiger partial charge is 0.364 e. The summed E-state index contributed by atoms with van der Waals surface area (Å²) in [6.07, 6.45) is 2.69. The number of nitrogens with one attached hydrogen (secondary N) is 1. The molecule has 1 aromatic heterocycles. The summed E-state index contributed by atoms with van der Waals surface area (Å²) in [4.78, 5) is 42.4. The van der Waals surface area contributed by atoms with Gasteiger partial charge in [0.1, 0.15) is 5.56 Å². The third-order valence-corrected chi connectivity index (χ3v) is 3.73. The van der Waals surface area contributed by atoms with E-state index in [1.807, 2.05) is 6.92 Å². The lowest BCUT2D eigenvalue weighted by molar-refractivity contribution is -0.130. The van der Waals surface area contributed by atoms with Crippen molar-refractivity contribution in [2.75, 3.05) is 26.2 Å². The Morgan fingerprint density at radius 1 is 1.19 bits per heavy atom. The van der Waals surface area contributed by atoms with E-state index < -0.39 is 0 Å². The van der Waals surface area contributed by atoms with Crippen molar-refractivity contribution in [2.24, 2.45) is 0 Å². The highest BCUT2D eigenvalue weighted by molar-refractivity contribution is 5.93. The van der Waals surface area contributed by atoms with Crippen molar-refractivity contribution in [3.63, 3.8) is 0 Å². The van der Waals surface area contributed by atoms with Crippen LogP contribution in [0.4, 0.5) is 0 Å². The van der Waals surface area contributed by atoms with Crippen LogP contribution in [0.5, 0.6) is 0 Å². The van der Waals surface area contributed by atoms with Gasteiger partial charge in [0.05, 0.1) is 0 Å². The van der Waals surface area contributed by atoms with Gasteiger partial charge in [0, 0.05) is 50.6 Å². The number of hydrogen-bond donors (Lipinski definition) is 1. The van der Waals surface area contributed by atoms with Gasteiger partial charge in [-0.25, -0.2) is 0 Å². The molecule has 0 atom stereocenters. The van der Waals surface area contributed by atoms with E-state index in [4.69, 9.17) is 0 Å². The number of aromatic amines is 1. The van der Waals surface area contributed by atoms with Gasteiger partial charge in [-0.15, -0.1) is 0 Å². The number of H-pyrrole nitrogens is 1. The van der Waals surface area contributed by atoms with Crippen molar-refractivity contribution in [3.05, 3.63) is 33.7 Å². The molecule has 2 amide bonds. The van der Waals surface area contributed by atoms with Crippen molar-refractivity contribution in [1.29, 1.82) is 0 Å². The average Bonchev–Trinajstić information content (AvgIpc) is 2.71. The van der Waals surface area contributed by atoms with E-state index in [-0.39, 0.29) is 22.8 Å². The van der Waals surface area contributed by atoms with E-state index in [1.54, 1.807) is 16.7 Å². The van der Waals surface area contributed by atoms with Crippen LogP contribution in [0.15, 0.2) is 17.1 Å². The first-order valence-corrected chi connectivity index (χ1v) is 7.29. The summed E-state index contributed by atoms with van der Waals surface area (Å²) < 4.78 is 0. The topological polar surface area (TPSA) is 73.5 Å². The predicted octanol–water partition coefficient (Wildman–Crippen LogP) is 0.768. The maximum atomic E-state index is 12.4. The fraction of sp³-hybridized carbons (Fsp3) is 0.533. The van der Waals surface area contributed by atoms with Gasteiger partial charge in [0.2, 0.25) is 5.91 Å². The van der Waals surface area contributed by atoms with Crippen LogP contribution in [0.1, 0.15) is 35.8 Å². The van der Waals surface area contributed by atoms with Crippen molar-refractivity contribution < 1.29 is 9.59 Å². The Kier molecular flexibility index (Phi) is 4.77. The third kappa shape index (κ3) is 3.51. The summed E-state index contributed by atoms with van der Waals surface area (Å²) in [5, 5.41) is 0. The van der Waals surface area contributed by atoms with Gasteiger partial charge in [-0.2, -0.15) is 0 Å². The molecule has 0 saturated carbocycles. The smallest absolute Gasteiger partial charge is 0.259 e. The van der Waals surface area contributed by atoms with Gasteiger partial charge in [-0.1, -0.05) is 6.92 Å². The second-order valence-corrected chi connectivity index (χ2v) is 5.27. The van der Waals surface area contributed by atoms with Crippen molar-refractivity contribution in [1.82, 2.24) is 14.8 Å². The minimum Gasteiger partial charge on any atom is -0.364 e. The molecule has 0 spiro atoms. The number of carbonyl (C=O) groups excluding carboxylic acids is 2. The molecule has 6 heteroatoms. The van der Waals surface area contributed by atoms with E-state index >= 15 is 0 Å². The standard InChI is InChI=1S/C15H21N3O3/c1-3-14(20)17-5-4-6-18(8-7-17)15(21)12-10-16-11(2)9-13(12)19/h9-10H,3-8H2,1-2H3,(H,16,19). The molecule has 21 heavy (non-hydrogen) atoms. The summed E-state index contributed by atoms with van der Waals surface area (Å²) in [6, 6.07) is 1.43. The molecule has 0 radical (unpaired) electrons. The van der Waals surface area contributed by atoms with E-state index in [1.165, 1.54) is 12.3 Å². The van der Waals surface area contributed by atoms with E-state index in [0.717, 1.165) is 12.1 Å². The van der Waals surface area contributed by atoms with Crippen LogP contribution in [0, 0.1) is 6.92 Å². The molecule has 6 nitrogen and oxygen atoms in total. The van der Waals surface area contributed by atoms with Gasteiger partial charge in [0.15, 0.2) is 5.43 Å². The van der Waals surface area contributed by atoms with Crippen LogP contribution >= 0.6 is 0 Å². The average molecular weight is 291 g/mol. The van der Waals surface area contributed by atoms with Gasteiger partial charge >= 0.3 is 0 Å². The number of pyridine rings is 1. The minimum absolute atomic E-state index is 0.109. The quantitative estimate of drug-likeness (QED) is 0.874. The Balaban J connectivity index is 2.10. The molecule has 2 heterocycles. The van der Waals surface area contributed by atoms with Crippen LogP contribution < -0.4 is 5.43 Å². The zero-order valence-electron chi connectivity index (χ0n) is 12.5. The van der Waals surface area contributed by atoms with Crippen LogP contribution in [-0.2, 0) is 4.79 Å². The molecule has 1 aromatic rings. The Hall–Kier alpha value is -2.11. The Morgan fingerprint density at radius 3 is 2.52 bits per heavy atom. The summed E-state index contributed by atoms with van der Waals surface area (Å²) in [6.45, 7) is 5.85. The molecule has 0 aliphatic carbocycles. The second-order valence-electron chi connectivity index (χ2n) is 5.27. The number of aromatic nitrogens is 1. The number of nitrogens with zero attached hydrogens (tertiary/aromatic N) is 2. The maximum Gasteiger partial charge on any atom is 0.259 e. The fourth-order valence-corrected chi connectivity index (χ4v) is 2.50. The van der Waals surface area contributed by atoms with Gasteiger partial charge in [-0.05, 0) is 13.3 Å². The molecule has 0 unspecified atom stereocenters. The number of amides is 2. The van der Waals surface area contributed by atoms with E-state index in [9.17, 15) is 14.4 Å². The SMILES string of the molecule is CCC(=O)N1CCCN(C(=O)c2c[nH]c(C)cc2=O)CC1. The zero-order valence-corrected chi connectivity index (χ0v) is 12.5. The molecular weight excluding hydrogens is 270 g/mol. The Morgan fingerprint density at radius 2 is 1.86 bits per heavy atom. The summed E-state index contributed by atoms with van der Waals surface area (Å²) >= 11 is 0. The lowest BCUT2D eigenvalue weighted by Gasteiger charge is -2.21. The van der Waals surface area contributed by atoms with Gasteiger partial charge < -0.3 is 14.8 Å². The number of rotatable bonds is 2. The first-order chi connectivity index (χ1) is 10.0. The van der Waals surface area contributed by atoms with Crippen LogP contribution in [0.25, 0.3) is 0 Å². The number of hydrogen-bond acceptors (Lipinski definition) is 3. The molecule has 1 saturated heterocycles. The molecule has 0 aromatic carbocycles. The lowest BCUT2D eigenvalue weighted by Crippen LogP contribution is -2.38. The third-order valence-electron chi connectivity index (χ3n) is 3.73. The fourth-order valence-electron chi connectivity index (χ4n) is 2.50. The van der Waals surface area contributed by atoms with Crippen LogP contribution in [0.2, 0.25) is 0 Å². The van der Waals surface area contributed by atoms with Gasteiger partial charge in [0.25, 0.3) is 5.91 Å². The molecule has 1 aliphatic heterocycles. The summed E-state index contributed by atoms with van der Waals surface area (Å²) in [7, 11) is 0. The van der Waals surface area contributed by atoms with Gasteiger partial charge in [-0.3, -0.25) is 14.4 Å². The highest BCUT2D eigenvalue weighted by Gasteiger charge is 2.23. The highest BCUT2D eigenvalue weighted by atomic mass is 16.2. The zero-order chi connectivity index (χ0) is 15.4. The number of carbonyl (C=O) groups is 2. The van der Waals surface area contributed by atoms with Crippen molar-refractivity contribution in [2.45, 2.75) is 26.7 Å². The Bertz CT molecular complexity index is 594. The molecule has 1 N–H and O–H groups in total. The van der Waals surface area contributed by atoms with Crippen molar-refractivity contribution in [3.8, 4) is 0 Å². The second kappa shape index (κ2) is 6.56.